The average Bonchev–Trinajstić information content (AvgIpc) is 3.18. The largest absolute Gasteiger partial charge is 0.481 e. The van der Waals surface area contributed by atoms with Crippen molar-refractivity contribution in [3.8, 4) is 17.2 Å². The smallest absolute Gasteiger partial charge is 0.263 e. The quantitative estimate of drug-likeness (QED) is 0.510. The molecule has 0 aliphatic heterocycles. The minimum Gasteiger partial charge on any atom is -0.481 e. The number of amides is 1. The summed E-state index contributed by atoms with van der Waals surface area (Å²) in [6.07, 6.45) is -0.669. The van der Waals surface area contributed by atoms with Crippen molar-refractivity contribution in [3.05, 3.63) is 64.5 Å². The number of aromatic nitrogens is 2. The second kappa shape index (κ2) is 9.10. The number of likely N-dealkylation sites (N-methyl/N-ethyl adjacent to an activating group) is 1. The molecule has 3 aromatic rings. The van der Waals surface area contributed by atoms with Crippen molar-refractivity contribution in [1.29, 1.82) is 0 Å². The lowest BCUT2D eigenvalue weighted by Gasteiger charge is -2.21. The normalized spacial score (nSPS) is 12.5. The average molecular weight is 442 g/mol. The van der Waals surface area contributed by atoms with Crippen LogP contribution in [-0.2, 0) is 16.8 Å². The van der Waals surface area contributed by atoms with Gasteiger partial charge in [-0.15, -0.1) is 10.2 Å². The molecule has 0 unspecified atom stereocenters. The van der Waals surface area contributed by atoms with Crippen LogP contribution in [-0.4, -0.2) is 34.2 Å². The molecule has 0 saturated heterocycles. The maximum Gasteiger partial charge on any atom is 0.263 e. The Morgan fingerprint density at radius 3 is 2.45 bits per heavy atom. The molecule has 6 nitrogen and oxygen atoms in total. The first-order chi connectivity index (χ1) is 14.5. The molecule has 0 spiro atoms. The number of carbonyl (C=O) groups is 1. The van der Waals surface area contributed by atoms with Gasteiger partial charge < -0.3 is 14.1 Å². The molecule has 0 fully saturated rings. The summed E-state index contributed by atoms with van der Waals surface area (Å²) in [4.78, 5) is 14.2. The topological polar surface area (TPSA) is 68.5 Å². The van der Waals surface area contributed by atoms with Crippen LogP contribution in [0.4, 0.5) is 0 Å². The molecule has 0 aliphatic rings. The number of aryl methyl sites for hydroxylation is 1. The molecule has 1 atom stereocenters. The number of halogens is 1. The summed E-state index contributed by atoms with van der Waals surface area (Å²) in [5.74, 6) is 1.19. The highest BCUT2D eigenvalue weighted by molar-refractivity contribution is 6.31. The summed E-state index contributed by atoms with van der Waals surface area (Å²) in [6, 6.07) is 13.4. The van der Waals surface area contributed by atoms with Crippen molar-refractivity contribution < 1.29 is 13.9 Å². The Hall–Kier alpha value is -2.86. The summed E-state index contributed by atoms with van der Waals surface area (Å²) in [7, 11) is 1.68. The fourth-order valence-corrected chi connectivity index (χ4v) is 3.20. The van der Waals surface area contributed by atoms with Crippen LogP contribution in [0, 0.1) is 6.92 Å². The van der Waals surface area contributed by atoms with Crippen LogP contribution in [0.2, 0.25) is 5.02 Å². The summed E-state index contributed by atoms with van der Waals surface area (Å²) in [6.45, 7) is 10.3. The maximum absolute atomic E-state index is 12.7. The zero-order valence-corrected chi connectivity index (χ0v) is 19.5. The lowest BCUT2D eigenvalue weighted by molar-refractivity contribution is -0.137. The molecule has 0 N–H and O–H groups in total. The summed E-state index contributed by atoms with van der Waals surface area (Å²) in [5.41, 5.74) is 3.04. The first-order valence-electron chi connectivity index (χ1n) is 10.2. The number of rotatable bonds is 6. The Balaban J connectivity index is 1.62. The highest BCUT2D eigenvalue weighted by Crippen LogP contribution is 2.26. The van der Waals surface area contributed by atoms with E-state index in [4.69, 9.17) is 20.8 Å². The Labute approximate surface area is 188 Å². The lowest BCUT2D eigenvalue weighted by atomic mass is 9.87. The second-order valence-electron chi connectivity index (χ2n) is 8.69. The molecular formula is C24H28ClN3O3. The van der Waals surface area contributed by atoms with Crippen LogP contribution < -0.4 is 4.74 Å². The molecule has 0 bridgehead atoms. The van der Waals surface area contributed by atoms with E-state index in [9.17, 15) is 4.79 Å². The van der Waals surface area contributed by atoms with E-state index in [1.54, 1.807) is 32.2 Å². The van der Waals surface area contributed by atoms with E-state index in [1.807, 2.05) is 19.1 Å². The van der Waals surface area contributed by atoms with Crippen LogP contribution in [0.25, 0.3) is 11.5 Å². The van der Waals surface area contributed by atoms with Gasteiger partial charge in [0, 0.05) is 17.6 Å². The highest BCUT2D eigenvalue weighted by Gasteiger charge is 2.22. The predicted molar refractivity (Wildman–Crippen MR) is 121 cm³/mol. The summed E-state index contributed by atoms with van der Waals surface area (Å²) >= 11 is 6.04. The van der Waals surface area contributed by atoms with Crippen LogP contribution in [0.1, 0.15) is 44.7 Å². The van der Waals surface area contributed by atoms with Gasteiger partial charge in [0.2, 0.25) is 11.8 Å². The van der Waals surface area contributed by atoms with Crippen molar-refractivity contribution >= 4 is 17.5 Å². The van der Waals surface area contributed by atoms with Gasteiger partial charge >= 0.3 is 0 Å². The Kier molecular flexibility index (Phi) is 6.70. The van der Waals surface area contributed by atoms with E-state index in [0.717, 1.165) is 11.1 Å². The monoisotopic (exact) mass is 441 g/mol. The minimum absolute atomic E-state index is 0.0745. The fourth-order valence-electron chi connectivity index (χ4n) is 3.08. The van der Waals surface area contributed by atoms with Crippen molar-refractivity contribution in [1.82, 2.24) is 15.1 Å². The molecule has 31 heavy (non-hydrogen) atoms. The van der Waals surface area contributed by atoms with Gasteiger partial charge in [-0.3, -0.25) is 4.79 Å². The molecule has 1 heterocycles. The molecule has 0 saturated carbocycles. The molecule has 0 aliphatic carbocycles. The first-order valence-corrected chi connectivity index (χ1v) is 10.5. The van der Waals surface area contributed by atoms with Crippen molar-refractivity contribution in [3.63, 3.8) is 0 Å². The number of hydrogen-bond donors (Lipinski definition) is 0. The summed E-state index contributed by atoms with van der Waals surface area (Å²) < 4.78 is 11.5. The van der Waals surface area contributed by atoms with Gasteiger partial charge in [-0.1, -0.05) is 44.5 Å². The predicted octanol–water partition coefficient (Wildman–Crippen LogP) is 5.42. The molecule has 0 radical (unpaired) electrons. The molecule has 7 heteroatoms. The van der Waals surface area contributed by atoms with Gasteiger partial charge in [0.15, 0.2) is 6.10 Å². The van der Waals surface area contributed by atoms with Gasteiger partial charge in [0.1, 0.15) is 5.75 Å². The molecule has 1 amide bonds. The standard InChI is InChI=1S/C24H28ClN3O3/c1-15-13-19(11-12-20(15)25)30-16(2)23(29)28(6)14-21-26-27-22(31-21)17-7-9-18(10-8-17)24(3,4)5/h7-13,16H,14H2,1-6H3/t16-/m0/s1. The van der Waals surface area contributed by atoms with Gasteiger partial charge in [0.25, 0.3) is 5.91 Å². The van der Waals surface area contributed by atoms with Crippen LogP contribution in [0.3, 0.4) is 0 Å². The van der Waals surface area contributed by atoms with Crippen LogP contribution >= 0.6 is 11.6 Å². The van der Waals surface area contributed by atoms with Gasteiger partial charge in [-0.05, 0) is 60.7 Å². The Bertz CT molecular complexity index is 1050. The van der Waals surface area contributed by atoms with E-state index in [1.165, 1.54) is 10.5 Å². The van der Waals surface area contributed by atoms with Gasteiger partial charge in [-0.2, -0.15) is 0 Å². The number of ether oxygens (including phenoxy) is 1. The number of nitrogens with zero attached hydrogens (tertiary/aromatic N) is 3. The van der Waals surface area contributed by atoms with Gasteiger partial charge in [0.05, 0.1) is 6.54 Å². The van der Waals surface area contributed by atoms with Crippen LogP contribution in [0.5, 0.6) is 5.75 Å². The Morgan fingerprint density at radius 1 is 1.16 bits per heavy atom. The number of hydrogen-bond acceptors (Lipinski definition) is 5. The second-order valence-corrected chi connectivity index (χ2v) is 9.10. The van der Waals surface area contributed by atoms with Crippen molar-refractivity contribution in [2.75, 3.05) is 7.05 Å². The third kappa shape index (κ3) is 5.64. The van der Waals surface area contributed by atoms with E-state index in [0.29, 0.717) is 22.6 Å². The molecule has 1 aromatic heterocycles. The lowest BCUT2D eigenvalue weighted by Crippen LogP contribution is -2.37. The summed E-state index contributed by atoms with van der Waals surface area (Å²) in [5, 5.41) is 8.86. The van der Waals surface area contributed by atoms with Crippen molar-refractivity contribution in [2.45, 2.75) is 52.7 Å². The zero-order chi connectivity index (χ0) is 22.8. The molecule has 3 rings (SSSR count). The highest BCUT2D eigenvalue weighted by atomic mass is 35.5. The number of benzene rings is 2. The van der Waals surface area contributed by atoms with Crippen LogP contribution in [0.15, 0.2) is 46.9 Å². The van der Waals surface area contributed by atoms with E-state index in [-0.39, 0.29) is 17.9 Å². The fraction of sp³-hybridized carbons (Fsp3) is 0.375. The first kappa shape index (κ1) is 22.8. The van der Waals surface area contributed by atoms with Crippen molar-refractivity contribution in [2.24, 2.45) is 0 Å². The molecule has 164 valence electrons. The SMILES string of the molecule is Cc1cc(O[C@@H](C)C(=O)N(C)Cc2nnc(-c3ccc(C(C)(C)C)cc3)o2)ccc1Cl. The van der Waals surface area contributed by atoms with E-state index < -0.39 is 6.10 Å². The molecular weight excluding hydrogens is 414 g/mol. The molecule has 2 aromatic carbocycles. The number of carbonyl (C=O) groups excluding carboxylic acids is 1. The zero-order valence-electron chi connectivity index (χ0n) is 18.8. The van der Waals surface area contributed by atoms with E-state index in [2.05, 4.69) is 43.1 Å². The maximum atomic E-state index is 12.7. The van der Waals surface area contributed by atoms with E-state index >= 15 is 0 Å². The third-order valence-corrected chi connectivity index (χ3v) is 5.43. The minimum atomic E-state index is -0.669. The third-order valence-electron chi connectivity index (χ3n) is 5.00. The van der Waals surface area contributed by atoms with Gasteiger partial charge in [-0.25, -0.2) is 0 Å². The Morgan fingerprint density at radius 2 is 1.84 bits per heavy atom.